The Morgan fingerprint density at radius 2 is 1.78 bits per heavy atom. The molecule has 0 bridgehead atoms. The van der Waals surface area contributed by atoms with E-state index in [4.69, 9.17) is 0 Å². The van der Waals surface area contributed by atoms with Gasteiger partial charge in [-0.2, -0.15) is 0 Å². The smallest absolute Gasteiger partial charge is 0.193 e. The summed E-state index contributed by atoms with van der Waals surface area (Å²) in [6.07, 6.45) is 5.30. The van der Waals surface area contributed by atoms with Gasteiger partial charge in [-0.15, -0.1) is 0 Å². The maximum absolute atomic E-state index is 12.1. The molecule has 0 aromatic carbocycles. The highest BCUT2D eigenvalue weighted by Crippen LogP contribution is 2.23. The molecule has 6 nitrogen and oxygen atoms in total. The Morgan fingerprint density at radius 3 is 2.35 bits per heavy atom. The highest BCUT2D eigenvalue weighted by molar-refractivity contribution is 7.92. The fourth-order valence-electron chi connectivity index (χ4n) is 3.34. The average Bonchev–Trinajstić information content (AvgIpc) is 2.75. The Bertz CT molecular complexity index is 508. The minimum atomic E-state index is -3.01. The fourth-order valence-corrected chi connectivity index (χ4v) is 4.71. The first-order chi connectivity index (χ1) is 10.9. The molecule has 0 atom stereocenters. The van der Waals surface area contributed by atoms with Gasteiger partial charge in [0.05, 0.1) is 10.5 Å². The summed E-state index contributed by atoms with van der Waals surface area (Å²) >= 11 is 0. The van der Waals surface area contributed by atoms with Crippen LogP contribution >= 0.6 is 0 Å². The molecule has 0 radical (unpaired) electrons. The quantitative estimate of drug-likeness (QED) is 0.610. The number of hydrogen-bond donors (Lipinski definition) is 1. The first-order valence-electron chi connectivity index (χ1n) is 8.76. The molecular weight excluding hydrogens is 312 g/mol. The summed E-state index contributed by atoms with van der Waals surface area (Å²) in [5, 5.41) is 3.41. The van der Waals surface area contributed by atoms with Crippen molar-refractivity contribution in [3.63, 3.8) is 0 Å². The van der Waals surface area contributed by atoms with Crippen molar-refractivity contribution in [1.82, 2.24) is 15.1 Å². The second kappa shape index (κ2) is 7.83. The number of likely N-dealkylation sites (tertiary alicyclic amines) is 1. The highest BCUT2D eigenvalue weighted by Gasteiger charge is 2.40. The van der Waals surface area contributed by atoms with Crippen molar-refractivity contribution in [2.24, 2.45) is 4.99 Å². The van der Waals surface area contributed by atoms with E-state index in [0.717, 1.165) is 19.0 Å². The van der Waals surface area contributed by atoms with Crippen molar-refractivity contribution in [3.05, 3.63) is 0 Å². The molecule has 7 heteroatoms. The minimum absolute atomic E-state index is 0.201. The van der Waals surface area contributed by atoms with E-state index in [9.17, 15) is 8.42 Å². The number of hydrogen-bond acceptors (Lipinski definition) is 4. The molecule has 0 aromatic rings. The fraction of sp³-hybridized carbons (Fsp3) is 0.938. The maximum Gasteiger partial charge on any atom is 0.193 e. The minimum Gasteiger partial charge on any atom is -0.355 e. The van der Waals surface area contributed by atoms with Gasteiger partial charge < -0.3 is 15.1 Å². The summed E-state index contributed by atoms with van der Waals surface area (Å²) in [7, 11) is -1.24. The molecule has 23 heavy (non-hydrogen) atoms. The van der Waals surface area contributed by atoms with Gasteiger partial charge in [0.2, 0.25) is 0 Å². The molecule has 0 saturated carbocycles. The van der Waals surface area contributed by atoms with Crippen LogP contribution in [-0.2, 0) is 9.84 Å². The molecule has 0 aromatic heterocycles. The van der Waals surface area contributed by atoms with Crippen molar-refractivity contribution >= 4 is 15.8 Å². The van der Waals surface area contributed by atoms with Gasteiger partial charge in [-0.25, -0.2) is 8.42 Å². The van der Waals surface area contributed by atoms with Crippen molar-refractivity contribution in [2.75, 3.05) is 52.1 Å². The van der Waals surface area contributed by atoms with Crippen LogP contribution in [0, 0.1) is 0 Å². The molecule has 0 aliphatic carbocycles. The normalized spacial score (nSPS) is 25.9. The van der Waals surface area contributed by atoms with Gasteiger partial charge >= 0.3 is 0 Å². The van der Waals surface area contributed by atoms with Crippen LogP contribution in [-0.4, -0.2) is 81.0 Å². The van der Waals surface area contributed by atoms with E-state index in [1.54, 1.807) is 20.9 Å². The molecule has 2 fully saturated rings. The second-order valence-corrected chi connectivity index (χ2v) is 9.97. The number of nitrogens with one attached hydrogen (secondary N) is 1. The van der Waals surface area contributed by atoms with E-state index in [1.165, 1.54) is 38.8 Å². The van der Waals surface area contributed by atoms with E-state index < -0.39 is 14.6 Å². The van der Waals surface area contributed by atoms with Gasteiger partial charge in [0, 0.05) is 33.2 Å². The van der Waals surface area contributed by atoms with Crippen LogP contribution < -0.4 is 5.32 Å². The Labute approximate surface area is 141 Å². The number of rotatable bonds is 3. The average molecular weight is 345 g/mol. The van der Waals surface area contributed by atoms with Gasteiger partial charge in [0.25, 0.3) is 0 Å². The molecule has 0 unspecified atom stereocenters. The number of aliphatic imine (C=N–C) groups is 1. The summed E-state index contributed by atoms with van der Waals surface area (Å²) in [6, 6.07) is 0. The third-order valence-electron chi connectivity index (χ3n) is 4.96. The molecule has 2 aliphatic rings. The lowest BCUT2D eigenvalue weighted by Gasteiger charge is -2.39. The second-order valence-electron chi connectivity index (χ2n) is 7.23. The summed E-state index contributed by atoms with van der Waals surface area (Å²) < 4.78 is 23.5. The van der Waals surface area contributed by atoms with Crippen LogP contribution in [0.5, 0.6) is 0 Å². The number of sulfone groups is 1. The lowest BCUT2D eigenvalue weighted by molar-refractivity contribution is 0.286. The zero-order chi connectivity index (χ0) is 16.9. The van der Waals surface area contributed by atoms with Gasteiger partial charge in [0.15, 0.2) is 15.8 Å². The summed E-state index contributed by atoms with van der Waals surface area (Å²) in [6.45, 7) is 8.89. The van der Waals surface area contributed by atoms with Gasteiger partial charge in [-0.3, -0.25) is 4.99 Å². The summed E-state index contributed by atoms with van der Waals surface area (Å²) in [5.74, 6) is 1.02. The molecule has 2 rings (SSSR count). The van der Waals surface area contributed by atoms with E-state index in [1.807, 2.05) is 0 Å². The standard InChI is InChI=1S/C16H32N4O2S/c1-16(2)14-20(12-13-23(16,21)22)15(17-3)18-8-11-19-9-6-4-5-7-10-19/h4-14H2,1-3H3,(H,17,18). The monoisotopic (exact) mass is 344 g/mol. The third kappa shape index (κ3) is 4.83. The van der Waals surface area contributed by atoms with Crippen LogP contribution in [0.4, 0.5) is 0 Å². The van der Waals surface area contributed by atoms with Gasteiger partial charge in [0.1, 0.15) is 0 Å². The van der Waals surface area contributed by atoms with Crippen LogP contribution in [0.2, 0.25) is 0 Å². The first-order valence-corrected chi connectivity index (χ1v) is 10.4. The lowest BCUT2D eigenvalue weighted by atomic mass is 10.2. The van der Waals surface area contributed by atoms with E-state index >= 15 is 0 Å². The zero-order valence-electron chi connectivity index (χ0n) is 14.8. The predicted octanol–water partition coefficient (Wildman–Crippen LogP) is 0.947. The van der Waals surface area contributed by atoms with Gasteiger partial charge in [-0.05, 0) is 39.8 Å². The molecule has 2 aliphatic heterocycles. The Balaban J connectivity index is 1.84. The van der Waals surface area contributed by atoms with Crippen LogP contribution in [0.1, 0.15) is 39.5 Å². The summed E-state index contributed by atoms with van der Waals surface area (Å²) in [4.78, 5) is 8.93. The molecule has 0 amide bonds. The summed E-state index contributed by atoms with van der Waals surface area (Å²) in [5.41, 5.74) is 0. The van der Waals surface area contributed by atoms with Crippen molar-refractivity contribution in [2.45, 2.75) is 44.3 Å². The van der Waals surface area contributed by atoms with E-state index in [2.05, 4.69) is 20.1 Å². The Hall–Kier alpha value is -0.820. The molecular formula is C16H32N4O2S. The Morgan fingerprint density at radius 1 is 1.13 bits per heavy atom. The first kappa shape index (κ1) is 18.5. The van der Waals surface area contributed by atoms with Crippen LogP contribution in [0.15, 0.2) is 4.99 Å². The molecule has 2 heterocycles. The highest BCUT2D eigenvalue weighted by atomic mass is 32.2. The largest absolute Gasteiger partial charge is 0.355 e. The maximum atomic E-state index is 12.1. The van der Waals surface area contributed by atoms with Crippen molar-refractivity contribution < 1.29 is 8.42 Å². The molecule has 0 spiro atoms. The van der Waals surface area contributed by atoms with Crippen LogP contribution in [0.3, 0.4) is 0 Å². The topological polar surface area (TPSA) is 65.0 Å². The molecule has 2 saturated heterocycles. The number of guanidine groups is 1. The van der Waals surface area contributed by atoms with Crippen LogP contribution in [0.25, 0.3) is 0 Å². The third-order valence-corrected chi connectivity index (χ3v) is 7.50. The molecule has 1 N–H and O–H groups in total. The van der Waals surface area contributed by atoms with Gasteiger partial charge in [-0.1, -0.05) is 12.8 Å². The lowest BCUT2D eigenvalue weighted by Crippen LogP contribution is -2.57. The Kier molecular flexibility index (Phi) is 6.31. The van der Waals surface area contributed by atoms with E-state index in [-0.39, 0.29) is 5.75 Å². The zero-order valence-corrected chi connectivity index (χ0v) is 15.7. The molecule has 134 valence electrons. The van der Waals surface area contributed by atoms with Crippen molar-refractivity contribution in [3.8, 4) is 0 Å². The SMILES string of the molecule is CN=C(NCCN1CCCCCC1)N1CCS(=O)(=O)C(C)(C)C1. The predicted molar refractivity (Wildman–Crippen MR) is 95.7 cm³/mol. The van der Waals surface area contributed by atoms with Crippen molar-refractivity contribution in [1.29, 1.82) is 0 Å². The number of nitrogens with zero attached hydrogens (tertiary/aromatic N) is 3. The van der Waals surface area contributed by atoms with E-state index in [0.29, 0.717) is 13.1 Å².